The minimum Gasteiger partial charge on any atom is -0.332 e. The summed E-state index contributed by atoms with van der Waals surface area (Å²) in [6.45, 7) is 4.73. The van der Waals surface area contributed by atoms with Gasteiger partial charge in [0, 0.05) is 29.8 Å². The summed E-state index contributed by atoms with van der Waals surface area (Å²) in [4.78, 5) is 27.0. The third-order valence-corrected chi connectivity index (χ3v) is 4.90. The first-order chi connectivity index (χ1) is 12.6. The fraction of sp³-hybridized carbons (Fsp3) is 0.364. The summed E-state index contributed by atoms with van der Waals surface area (Å²) in [5.41, 5.74) is 2.41. The van der Waals surface area contributed by atoms with Crippen molar-refractivity contribution in [2.24, 2.45) is 5.92 Å². The van der Waals surface area contributed by atoms with Gasteiger partial charge in [0.25, 0.3) is 5.91 Å². The lowest BCUT2D eigenvalue weighted by Crippen LogP contribution is -2.37. The van der Waals surface area contributed by atoms with Gasteiger partial charge in [-0.3, -0.25) is 9.59 Å². The van der Waals surface area contributed by atoms with Crippen molar-refractivity contribution >= 4 is 17.5 Å². The van der Waals surface area contributed by atoms with Gasteiger partial charge in [-0.25, -0.2) is 0 Å². The second kappa shape index (κ2) is 8.17. The van der Waals surface area contributed by atoms with Crippen LogP contribution in [0.2, 0.25) is 0 Å². The molecule has 2 aromatic carbocycles. The van der Waals surface area contributed by atoms with Gasteiger partial charge >= 0.3 is 0 Å². The number of amides is 2. The molecule has 0 aliphatic heterocycles. The third kappa shape index (κ3) is 4.51. The molecule has 2 aromatic rings. The maximum Gasteiger partial charge on any atom is 0.254 e. The molecule has 0 saturated heterocycles. The Morgan fingerprint density at radius 2 is 1.85 bits per heavy atom. The van der Waals surface area contributed by atoms with E-state index in [1.54, 1.807) is 6.07 Å². The number of hydrogen-bond acceptors (Lipinski definition) is 2. The van der Waals surface area contributed by atoms with Crippen molar-refractivity contribution in [2.75, 3.05) is 5.32 Å². The van der Waals surface area contributed by atoms with Crippen molar-refractivity contribution in [3.05, 3.63) is 65.7 Å². The molecule has 1 fully saturated rings. The molecule has 3 rings (SSSR count). The summed E-state index contributed by atoms with van der Waals surface area (Å²) in [5, 5.41) is 2.92. The highest BCUT2D eigenvalue weighted by Crippen LogP contribution is 2.30. The van der Waals surface area contributed by atoms with Crippen LogP contribution in [0.3, 0.4) is 0 Å². The van der Waals surface area contributed by atoms with Gasteiger partial charge in [0.15, 0.2) is 0 Å². The summed E-state index contributed by atoms with van der Waals surface area (Å²) >= 11 is 0. The van der Waals surface area contributed by atoms with Crippen LogP contribution in [0.15, 0.2) is 54.6 Å². The molecule has 1 atom stereocenters. The van der Waals surface area contributed by atoms with Crippen LogP contribution in [0.5, 0.6) is 0 Å². The van der Waals surface area contributed by atoms with E-state index in [0.717, 1.165) is 24.8 Å². The molecule has 1 unspecified atom stereocenters. The maximum absolute atomic E-state index is 13.1. The van der Waals surface area contributed by atoms with E-state index >= 15 is 0 Å². The largest absolute Gasteiger partial charge is 0.332 e. The molecule has 26 heavy (non-hydrogen) atoms. The summed E-state index contributed by atoms with van der Waals surface area (Å²) in [6, 6.07) is 17.4. The summed E-state index contributed by atoms with van der Waals surface area (Å²) in [6.07, 6.45) is 2.81. The molecular formula is C22H26N2O2. The Morgan fingerprint density at radius 1 is 1.12 bits per heavy atom. The van der Waals surface area contributed by atoms with Crippen LogP contribution < -0.4 is 5.32 Å². The molecular weight excluding hydrogens is 324 g/mol. The second-order valence-electron chi connectivity index (χ2n) is 7.02. The average molecular weight is 350 g/mol. The van der Waals surface area contributed by atoms with Crippen molar-refractivity contribution in [3.8, 4) is 0 Å². The topological polar surface area (TPSA) is 49.4 Å². The normalized spacial score (nSPS) is 14.5. The lowest BCUT2D eigenvalue weighted by molar-refractivity contribution is -0.117. The first-order valence-corrected chi connectivity index (χ1v) is 9.34. The standard InChI is InChI=1S/C22H26N2O2/c1-3-16(2)24(15-17-8-5-4-6-9-17)22(26)19-10-7-11-20(14-19)23-21(25)18-12-13-18/h4-11,14,16,18H,3,12-13,15H2,1-2H3,(H,23,25). The predicted molar refractivity (Wildman–Crippen MR) is 104 cm³/mol. The van der Waals surface area contributed by atoms with Gasteiger partial charge in [0.1, 0.15) is 0 Å². The van der Waals surface area contributed by atoms with Gasteiger partial charge in [-0.1, -0.05) is 43.3 Å². The van der Waals surface area contributed by atoms with E-state index in [1.807, 2.05) is 53.4 Å². The molecule has 1 aliphatic carbocycles. The van der Waals surface area contributed by atoms with Crippen LogP contribution in [-0.2, 0) is 11.3 Å². The number of nitrogens with one attached hydrogen (secondary N) is 1. The van der Waals surface area contributed by atoms with Crippen molar-refractivity contribution in [1.82, 2.24) is 4.90 Å². The van der Waals surface area contributed by atoms with Crippen LogP contribution in [0.4, 0.5) is 5.69 Å². The Hall–Kier alpha value is -2.62. The number of carbonyl (C=O) groups excluding carboxylic acids is 2. The van der Waals surface area contributed by atoms with Crippen LogP contribution in [-0.4, -0.2) is 22.8 Å². The minimum absolute atomic E-state index is 0.00859. The van der Waals surface area contributed by atoms with Crippen molar-refractivity contribution < 1.29 is 9.59 Å². The van der Waals surface area contributed by atoms with Crippen LogP contribution in [0.1, 0.15) is 49.0 Å². The van der Waals surface area contributed by atoms with Crippen LogP contribution in [0.25, 0.3) is 0 Å². The quantitative estimate of drug-likeness (QED) is 0.800. The lowest BCUT2D eigenvalue weighted by Gasteiger charge is -2.29. The van der Waals surface area contributed by atoms with E-state index in [-0.39, 0.29) is 23.8 Å². The summed E-state index contributed by atoms with van der Waals surface area (Å²) < 4.78 is 0. The highest BCUT2D eigenvalue weighted by molar-refractivity contribution is 5.98. The van der Waals surface area contributed by atoms with Gasteiger partial charge in [0.05, 0.1) is 0 Å². The summed E-state index contributed by atoms with van der Waals surface area (Å²) in [7, 11) is 0. The smallest absolute Gasteiger partial charge is 0.254 e. The highest BCUT2D eigenvalue weighted by Gasteiger charge is 2.29. The van der Waals surface area contributed by atoms with Gasteiger partial charge in [-0.15, -0.1) is 0 Å². The first-order valence-electron chi connectivity index (χ1n) is 9.34. The van der Waals surface area contributed by atoms with Crippen molar-refractivity contribution in [3.63, 3.8) is 0 Å². The van der Waals surface area contributed by atoms with E-state index in [1.165, 1.54) is 0 Å². The van der Waals surface area contributed by atoms with Crippen molar-refractivity contribution in [1.29, 1.82) is 0 Å². The third-order valence-electron chi connectivity index (χ3n) is 4.90. The van der Waals surface area contributed by atoms with Gasteiger partial charge in [-0.2, -0.15) is 0 Å². The van der Waals surface area contributed by atoms with E-state index in [9.17, 15) is 9.59 Å². The zero-order valence-electron chi connectivity index (χ0n) is 15.4. The van der Waals surface area contributed by atoms with E-state index in [4.69, 9.17) is 0 Å². The maximum atomic E-state index is 13.1. The SMILES string of the molecule is CCC(C)N(Cc1ccccc1)C(=O)c1cccc(NC(=O)C2CC2)c1. The minimum atomic E-state index is -0.00859. The van der Waals surface area contributed by atoms with Gasteiger partial charge in [0.2, 0.25) is 5.91 Å². The molecule has 0 heterocycles. The van der Waals surface area contributed by atoms with E-state index in [0.29, 0.717) is 17.8 Å². The molecule has 0 spiro atoms. The van der Waals surface area contributed by atoms with E-state index < -0.39 is 0 Å². The number of hydrogen-bond donors (Lipinski definition) is 1. The van der Waals surface area contributed by atoms with Crippen LogP contribution >= 0.6 is 0 Å². The monoisotopic (exact) mass is 350 g/mol. The number of rotatable bonds is 7. The van der Waals surface area contributed by atoms with Crippen molar-refractivity contribution in [2.45, 2.75) is 45.7 Å². The molecule has 1 saturated carbocycles. The molecule has 4 nitrogen and oxygen atoms in total. The molecule has 0 radical (unpaired) electrons. The molecule has 4 heteroatoms. The average Bonchev–Trinajstić information content (AvgIpc) is 3.51. The number of benzene rings is 2. The molecule has 1 aliphatic rings. The Balaban J connectivity index is 1.78. The Kier molecular flexibility index (Phi) is 5.71. The Bertz CT molecular complexity index is 769. The number of carbonyl (C=O) groups is 2. The Labute approximate surface area is 155 Å². The molecule has 1 N–H and O–H groups in total. The molecule has 0 bridgehead atoms. The summed E-state index contributed by atoms with van der Waals surface area (Å²) in [5.74, 6) is 0.187. The number of nitrogens with zero attached hydrogens (tertiary/aromatic N) is 1. The molecule has 136 valence electrons. The van der Waals surface area contributed by atoms with Gasteiger partial charge in [-0.05, 0) is 49.9 Å². The fourth-order valence-corrected chi connectivity index (χ4v) is 2.91. The second-order valence-corrected chi connectivity index (χ2v) is 7.02. The Morgan fingerprint density at radius 3 is 2.50 bits per heavy atom. The zero-order valence-corrected chi connectivity index (χ0v) is 15.4. The predicted octanol–water partition coefficient (Wildman–Crippen LogP) is 4.48. The highest BCUT2D eigenvalue weighted by atomic mass is 16.2. The van der Waals surface area contributed by atoms with E-state index in [2.05, 4.69) is 19.2 Å². The zero-order chi connectivity index (χ0) is 18.5. The molecule has 0 aromatic heterocycles. The number of anilines is 1. The van der Waals surface area contributed by atoms with Gasteiger partial charge < -0.3 is 10.2 Å². The first kappa shape index (κ1) is 18.2. The fourth-order valence-electron chi connectivity index (χ4n) is 2.91. The lowest BCUT2D eigenvalue weighted by atomic mass is 10.1. The molecule has 2 amide bonds. The van der Waals surface area contributed by atoms with Crippen LogP contribution in [0, 0.1) is 5.92 Å².